The van der Waals surface area contributed by atoms with Crippen LogP contribution in [-0.4, -0.2) is 18.2 Å². The Labute approximate surface area is 90.1 Å². The Balaban J connectivity index is 2.33. The smallest absolute Gasteiger partial charge is 0.123 e. The Kier molecular flexibility index (Phi) is 5.29. The zero-order valence-corrected chi connectivity index (χ0v) is 9.04. The third-order valence-corrected chi connectivity index (χ3v) is 2.30. The number of halogens is 1. The van der Waals surface area contributed by atoms with E-state index in [2.05, 4.69) is 12.2 Å². The van der Waals surface area contributed by atoms with Gasteiger partial charge in [-0.15, -0.1) is 0 Å². The minimum Gasteiger partial charge on any atom is -0.387 e. The standard InChI is InChI=1S/C12H18FNO/c1-2-3-8-14-9-12(15)10-4-6-11(13)7-5-10/h4-7,12,14-15H,2-3,8-9H2,1H3/t12-/m0/s1. The summed E-state index contributed by atoms with van der Waals surface area (Å²) in [5.41, 5.74) is 0.750. The molecule has 1 atom stereocenters. The van der Waals surface area contributed by atoms with Gasteiger partial charge in [0.2, 0.25) is 0 Å². The third-order valence-electron chi connectivity index (χ3n) is 2.30. The van der Waals surface area contributed by atoms with Crippen molar-refractivity contribution in [3.8, 4) is 0 Å². The highest BCUT2D eigenvalue weighted by Gasteiger charge is 2.06. The van der Waals surface area contributed by atoms with Gasteiger partial charge >= 0.3 is 0 Å². The van der Waals surface area contributed by atoms with Crippen molar-refractivity contribution >= 4 is 0 Å². The quantitative estimate of drug-likeness (QED) is 0.707. The molecule has 1 aromatic carbocycles. The fraction of sp³-hybridized carbons (Fsp3) is 0.500. The van der Waals surface area contributed by atoms with Gasteiger partial charge in [-0.3, -0.25) is 0 Å². The number of hydrogen-bond donors (Lipinski definition) is 2. The lowest BCUT2D eigenvalue weighted by Crippen LogP contribution is -2.22. The summed E-state index contributed by atoms with van der Waals surface area (Å²) >= 11 is 0. The fourth-order valence-corrected chi connectivity index (χ4v) is 1.34. The first-order valence-electron chi connectivity index (χ1n) is 5.38. The van der Waals surface area contributed by atoms with Crippen molar-refractivity contribution < 1.29 is 9.50 Å². The molecule has 15 heavy (non-hydrogen) atoms. The summed E-state index contributed by atoms with van der Waals surface area (Å²) in [7, 11) is 0. The van der Waals surface area contributed by atoms with Crippen LogP contribution >= 0.6 is 0 Å². The van der Waals surface area contributed by atoms with Crippen molar-refractivity contribution in [3.05, 3.63) is 35.6 Å². The van der Waals surface area contributed by atoms with Crippen LogP contribution in [-0.2, 0) is 0 Å². The van der Waals surface area contributed by atoms with Crippen molar-refractivity contribution in [2.75, 3.05) is 13.1 Å². The molecule has 0 saturated heterocycles. The molecule has 0 amide bonds. The topological polar surface area (TPSA) is 32.3 Å². The van der Waals surface area contributed by atoms with Crippen LogP contribution < -0.4 is 5.32 Å². The van der Waals surface area contributed by atoms with E-state index in [0.29, 0.717) is 6.54 Å². The molecule has 0 aliphatic carbocycles. The van der Waals surface area contributed by atoms with Gasteiger partial charge in [0.25, 0.3) is 0 Å². The lowest BCUT2D eigenvalue weighted by Gasteiger charge is -2.11. The predicted octanol–water partition coefficient (Wildman–Crippen LogP) is 2.25. The van der Waals surface area contributed by atoms with Gasteiger partial charge < -0.3 is 10.4 Å². The van der Waals surface area contributed by atoms with Gasteiger partial charge in [-0.25, -0.2) is 4.39 Å². The zero-order chi connectivity index (χ0) is 11.1. The van der Waals surface area contributed by atoms with Crippen LogP contribution in [0.2, 0.25) is 0 Å². The lowest BCUT2D eigenvalue weighted by molar-refractivity contribution is 0.174. The van der Waals surface area contributed by atoms with Crippen molar-refractivity contribution in [1.82, 2.24) is 5.32 Å². The monoisotopic (exact) mass is 211 g/mol. The highest BCUT2D eigenvalue weighted by molar-refractivity contribution is 5.18. The summed E-state index contributed by atoms with van der Waals surface area (Å²) in [6.45, 7) is 3.55. The van der Waals surface area contributed by atoms with Crippen LogP contribution in [0.5, 0.6) is 0 Å². The van der Waals surface area contributed by atoms with Crippen LogP contribution in [0.4, 0.5) is 4.39 Å². The molecule has 0 unspecified atom stereocenters. The minimum absolute atomic E-state index is 0.273. The molecule has 0 fully saturated rings. The molecule has 2 N–H and O–H groups in total. The minimum atomic E-state index is -0.553. The summed E-state index contributed by atoms with van der Waals surface area (Å²) in [6, 6.07) is 5.96. The number of unbranched alkanes of at least 4 members (excludes halogenated alkanes) is 1. The zero-order valence-electron chi connectivity index (χ0n) is 9.04. The molecule has 2 nitrogen and oxygen atoms in total. The highest BCUT2D eigenvalue weighted by atomic mass is 19.1. The van der Waals surface area contributed by atoms with Crippen LogP contribution in [0, 0.1) is 5.82 Å². The first-order chi connectivity index (χ1) is 7.24. The van der Waals surface area contributed by atoms with Crippen LogP contribution in [0.15, 0.2) is 24.3 Å². The van der Waals surface area contributed by atoms with Gasteiger partial charge in [0.15, 0.2) is 0 Å². The molecule has 0 aliphatic rings. The Morgan fingerprint density at radius 1 is 1.33 bits per heavy atom. The predicted molar refractivity (Wildman–Crippen MR) is 59.1 cm³/mol. The van der Waals surface area contributed by atoms with Gasteiger partial charge in [-0.1, -0.05) is 25.5 Å². The number of hydrogen-bond acceptors (Lipinski definition) is 2. The van der Waals surface area contributed by atoms with Crippen LogP contribution in [0.1, 0.15) is 31.4 Å². The van der Waals surface area contributed by atoms with E-state index in [1.165, 1.54) is 12.1 Å². The molecule has 0 aliphatic heterocycles. The molecular formula is C12H18FNO. The molecule has 0 heterocycles. The number of benzene rings is 1. The normalized spacial score (nSPS) is 12.7. The van der Waals surface area contributed by atoms with Crippen molar-refractivity contribution in [2.24, 2.45) is 0 Å². The SMILES string of the molecule is CCCCNC[C@H](O)c1ccc(F)cc1. The van der Waals surface area contributed by atoms with Crippen LogP contribution in [0.25, 0.3) is 0 Å². The van der Waals surface area contributed by atoms with Crippen molar-refractivity contribution in [3.63, 3.8) is 0 Å². The molecule has 0 bridgehead atoms. The van der Waals surface area contributed by atoms with E-state index in [1.807, 2.05) is 0 Å². The maximum absolute atomic E-state index is 12.6. The summed E-state index contributed by atoms with van der Waals surface area (Å²) in [4.78, 5) is 0. The Morgan fingerprint density at radius 2 is 2.00 bits per heavy atom. The summed E-state index contributed by atoms with van der Waals surface area (Å²) < 4.78 is 12.6. The Bertz CT molecular complexity index is 273. The van der Waals surface area contributed by atoms with E-state index < -0.39 is 6.10 Å². The van der Waals surface area contributed by atoms with E-state index >= 15 is 0 Å². The molecule has 84 valence electrons. The molecule has 0 spiro atoms. The number of rotatable bonds is 6. The van der Waals surface area contributed by atoms with E-state index in [1.54, 1.807) is 12.1 Å². The third kappa shape index (κ3) is 4.40. The first-order valence-corrected chi connectivity index (χ1v) is 5.38. The Hall–Kier alpha value is -0.930. The van der Waals surface area contributed by atoms with Crippen LogP contribution in [0.3, 0.4) is 0 Å². The van der Waals surface area contributed by atoms with Gasteiger partial charge in [-0.2, -0.15) is 0 Å². The van der Waals surface area contributed by atoms with Crippen molar-refractivity contribution in [1.29, 1.82) is 0 Å². The average Bonchev–Trinajstić information content (AvgIpc) is 2.25. The average molecular weight is 211 g/mol. The molecule has 1 rings (SSSR count). The largest absolute Gasteiger partial charge is 0.387 e. The summed E-state index contributed by atoms with van der Waals surface area (Å²) in [5, 5.41) is 12.9. The lowest BCUT2D eigenvalue weighted by atomic mass is 10.1. The van der Waals surface area contributed by atoms with Gasteiger partial charge in [0, 0.05) is 6.54 Å². The second-order valence-corrected chi connectivity index (χ2v) is 3.63. The first kappa shape index (κ1) is 12.1. The second-order valence-electron chi connectivity index (χ2n) is 3.63. The van der Waals surface area contributed by atoms with E-state index in [0.717, 1.165) is 24.9 Å². The van der Waals surface area contributed by atoms with Gasteiger partial charge in [0.1, 0.15) is 5.82 Å². The highest BCUT2D eigenvalue weighted by Crippen LogP contribution is 2.12. The van der Waals surface area contributed by atoms with E-state index in [-0.39, 0.29) is 5.82 Å². The van der Waals surface area contributed by atoms with Gasteiger partial charge in [-0.05, 0) is 30.7 Å². The summed E-state index contributed by atoms with van der Waals surface area (Å²) in [5.74, 6) is -0.273. The molecule has 0 radical (unpaired) electrons. The maximum Gasteiger partial charge on any atom is 0.123 e. The summed E-state index contributed by atoms with van der Waals surface area (Å²) in [6.07, 6.45) is 1.69. The molecule has 0 aromatic heterocycles. The second kappa shape index (κ2) is 6.53. The molecule has 1 aromatic rings. The van der Waals surface area contributed by atoms with Gasteiger partial charge in [0.05, 0.1) is 6.10 Å². The maximum atomic E-state index is 12.6. The Morgan fingerprint density at radius 3 is 2.60 bits per heavy atom. The van der Waals surface area contributed by atoms with E-state index in [9.17, 15) is 9.50 Å². The fourth-order valence-electron chi connectivity index (χ4n) is 1.34. The molecule has 3 heteroatoms. The van der Waals surface area contributed by atoms with E-state index in [4.69, 9.17) is 0 Å². The van der Waals surface area contributed by atoms with Crippen molar-refractivity contribution in [2.45, 2.75) is 25.9 Å². The molecule has 0 saturated carbocycles. The number of aliphatic hydroxyl groups is 1. The number of nitrogens with one attached hydrogen (secondary N) is 1. The molecular weight excluding hydrogens is 193 g/mol. The number of aliphatic hydroxyl groups excluding tert-OH is 1.